The van der Waals surface area contributed by atoms with E-state index in [0.717, 1.165) is 17.0 Å². The normalized spacial score (nSPS) is 15.7. The fourth-order valence-corrected chi connectivity index (χ4v) is 6.10. The third kappa shape index (κ3) is 4.75. The van der Waals surface area contributed by atoms with Crippen molar-refractivity contribution in [2.75, 3.05) is 6.54 Å². The number of thioether (sulfide) groups is 1. The number of aromatic nitrogens is 1. The first kappa shape index (κ1) is 23.6. The summed E-state index contributed by atoms with van der Waals surface area (Å²) in [6.07, 6.45) is -4.17. The van der Waals surface area contributed by atoms with Crippen LogP contribution in [0.3, 0.4) is 0 Å². The SMILES string of the molecule is Cc1cc(=O)c(C(=O)NCC(C)C)c2n1-c1cc(C(F)(F)F)ccc1SC(c1cccs1)C2. The molecule has 0 aliphatic carbocycles. The zero-order valence-corrected chi connectivity index (χ0v) is 20.0. The lowest BCUT2D eigenvalue weighted by Crippen LogP contribution is -2.34. The quantitative estimate of drug-likeness (QED) is 0.486. The van der Waals surface area contributed by atoms with Crippen LogP contribution in [0.15, 0.2) is 51.5 Å². The number of thiophene rings is 1. The maximum atomic E-state index is 13.6. The number of nitrogens with one attached hydrogen (secondary N) is 1. The van der Waals surface area contributed by atoms with E-state index in [4.69, 9.17) is 0 Å². The molecular weight excluding hydrogens is 469 g/mol. The van der Waals surface area contributed by atoms with Crippen LogP contribution in [0.1, 0.15) is 51.3 Å². The molecule has 0 bridgehead atoms. The van der Waals surface area contributed by atoms with Crippen molar-refractivity contribution in [2.24, 2.45) is 5.92 Å². The standard InChI is InChI=1S/C24H23F3N2O2S2/c1-13(2)12-28-23(31)22-17-11-21(20-5-4-8-32-20)33-19-7-6-15(24(25,26)27)10-16(19)29(17)14(3)9-18(22)30/h4-10,13,21H,11-12H2,1-3H3,(H,28,31). The van der Waals surface area contributed by atoms with Crippen molar-refractivity contribution in [3.63, 3.8) is 0 Å². The minimum absolute atomic E-state index is 0.00586. The molecular formula is C24H23F3N2O2S2. The lowest BCUT2D eigenvalue weighted by molar-refractivity contribution is -0.137. The molecule has 33 heavy (non-hydrogen) atoms. The number of amides is 1. The molecule has 2 aromatic heterocycles. The van der Waals surface area contributed by atoms with Gasteiger partial charge < -0.3 is 9.88 Å². The zero-order chi connectivity index (χ0) is 23.9. The smallest absolute Gasteiger partial charge is 0.352 e. The molecule has 3 heterocycles. The molecule has 0 saturated carbocycles. The number of aryl methyl sites for hydroxylation is 1. The molecule has 4 rings (SSSR count). The number of carbonyl (C=O) groups excluding carboxylic acids is 1. The van der Waals surface area contributed by atoms with Gasteiger partial charge in [0, 0.05) is 45.4 Å². The third-order valence-corrected chi connectivity index (χ3v) is 7.87. The van der Waals surface area contributed by atoms with Crippen LogP contribution in [-0.2, 0) is 12.6 Å². The van der Waals surface area contributed by atoms with Crippen LogP contribution in [0.4, 0.5) is 13.2 Å². The van der Waals surface area contributed by atoms with Crippen molar-refractivity contribution in [3.8, 4) is 5.69 Å². The number of halogens is 3. The van der Waals surface area contributed by atoms with Gasteiger partial charge in [-0.3, -0.25) is 9.59 Å². The average molecular weight is 493 g/mol. The molecule has 1 N–H and O–H groups in total. The van der Waals surface area contributed by atoms with Crippen molar-refractivity contribution in [1.82, 2.24) is 9.88 Å². The Labute approximate surface area is 197 Å². The van der Waals surface area contributed by atoms with Gasteiger partial charge in [0.2, 0.25) is 0 Å². The third-order valence-electron chi connectivity index (χ3n) is 5.43. The molecule has 0 fully saturated rings. The van der Waals surface area contributed by atoms with Gasteiger partial charge in [0.25, 0.3) is 5.91 Å². The van der Waals surface area contributed by atoms with E-state index in [-0.39, 0.29) is 16.7 Å². The maximum Gasteiger partial charge on any atom is 0.416 e. The van der Waals surface area contributed by atoms with Crippen LogP contribution in [0.2, 0.25) is 0 Å². The number of alkyl halides is 3. The van der Waals surface area contributed by atoms with E-state index in [1.165, 1.54) is 23.9 Å². The van der Waals surface area contributed by atoms with Crippen molar-refractivity contribution in [1.29, 1.82) is 0 Å². The molecule has 1 aromatic carbocycles. The molecule has 0 saturated heterocycles. The molecule has 1 atom stereocenters. The van der Waals surface area contributed by atoms with E-state index < -0.39 is 23.1 Å². The maximum absolute atomic E-state index is 13.6. The first-order chi connectivity index (χ1) is 15.6. The van der Waals surface area contributed by atoms with Crippen LogP contribution in [0.5, 0.6) is 0 Å². The summed E-state index contributed by atoms with van der Waals surface area (Å²) in [5.41, 5.74) is 0.0539. The summed E-state index contributed by atoms with van der Waals surface area (Å²) in [6, 6.07) is 8.88. The van der Waals surface area contributed by atoms with Crippen molar-refractivity contribution in [3.05, 3.63) is 79.4 Å². The summed E-state index contributed by atoms with van der Waals surface area (Å²) >= 11 is 3.00. The number of hydrogen-bond donors (Lipinski definition) is 1. The van der Waals surface area contributed by atoms with Gasteiger partial charge in [-0.2, -0.15) is 13.2 Å². The second-order valence-electron chi connectivity index (χ2n) is 8.42. The summed E-state index contributed by atoms with van der Waals surface area (Å²) < 4.78 is 42.3. The van der Waals surface area contributed by atoms with Gasteiger partial charge >= 0.3 is 6.18 Å². The highest BCUT2D eigenvalue weighted by molar-refractivity contribution is 7.99. The number of fused-ring (bicyclic) bond motifs is 3. The molecule has 1 aliphatic rings. The number of hydrogen-bond acceptors (Lipinski definition) is 4. The fourth-order valence-electron chi connectivity index (χ4n) is 3.92. The highest BCUT2D eigenvalue weighted by Gasteiger charge is 2.34. The minimum atomic E-state index is -4.51. The summed E-state index contributed by atoms with van der Waals surface area (Å²) in [5, 5.41) is 4.59. The second-order valence-corrected chi connectivity index (χ2v) is 10.6. The molecule has 0 radical (unpaired) electrons. The molecule has 1 amide bonds. The average Bonchev–Trinajstić information content (AvgIpc) is 3.20. The van der Waals surface area contributed by atoms with E-state index in [0.29, 0.717) is 34.9 Å². The largest absolute Gasteiger partial charge is 0.416 e. The van der Waals surface area contributed by atoms with Gasteiger partial charge in [0.1, 0.15) is 5.56 Å². The second kappa shape index (κ2) is 9.02. The summed E-state index contributed by atoms with van der Waals surface area (Å²) in [4.78, 5) is 27.8. The molecule has 174 valence electrons. The Balaban J connectivity index is 1.98. The molecule has 3 aromatic rings. The lowest BCUT2D eigenvalue weighted by atomic mass is 10.0. The van der Waals surface area contributed by atoms with Crippen LogP contribution < -0.4 is 10.7 Å². The highest BCUT2D eigenvalue weighted by atomic mass is 32.2. The summed E-state index contributed by atoms with van der Waals surface area (Å²) in [7, 11) is 0. The first-order valence-electron chi connectivity index (χ1n) is 10.5. The zero-order valence-electron chi connectivity index (χ0n) is 18.3. The molecule has 0 spiro atoms. The highest BCUT2D eigenvalue weighted by Crippen LogP contribution is 2.46. The van der Waals surface area contributed by atoms with Gasteiger partial charge in [-0.1, -0.05) is 19.9 Å². The van der Waals surface area contributed by atoms with Crippen LogP contribution >= 0.6 is 23.1 Å². The molecule has 4 nitrogen and oxygen atoms in total. The topological polar surface area (TPSA) is 51.1 Å². The van der Waals surface area contributed by atoms with Gasteiger partial charge in [-0.25, -0.2) is 0 Å². The first-order valence-corrected chi connectivity index (χ1v) is 12.3. The Bertz CT molecular complexity index is 1250. The molecule has 1 unspecified atom stereocenters. The van der Waals surface area contributed by atoms with Crippen LogP contribution in [-0.4, -0.2) is 17.0 Å². The predicted octanol–water partition coefficient (Wildman–Crippen LogP) is 6.00. The summed E-state index contributed by atoms with van der Waals surface area (Å²) in [6.45, 7) is 5.96. The predicted molar refractivity (Wildman–Crippen MR) is 126 cm³/mol. The van der Waals surface area contributed by atoms with Crippen molar-refractivity contribution >= 4 is 29.0 Å². The number of carbonyl (C=O) groups is 1. The van der Waals surface area contributed by atoms with E-state index in [1.54, 1.807) is 22.8 Å². The van der Waals surface area contributed by atoms with E-state index in [2.05, 4.69) is 5.32 Å². The Hall–Kier alpha value is -2.52. The Morgan fingerprint density at radius 3 is 2.64 bits per heavy atom. The Morgan fingerprint density at radius 2 is 2.00 bits per heavy atom. The summed E-state index contributed by atoms with van der Waals surface area (Å²) in [5.74, 6) is -0.312. The van der Waals surface area contributed by atoms with E-state index in [1.807, 2.05) is 31.4 Å². The number of pyridine rings is 1. The van der Waals surface area contributed by atoms with Gasteiger partial charge in [-0.05, 0) is 42.5 Å². The molecule has 1 aliphatic heterocycles. The number of rotatable bonds is 4. The van der Waals surface area contributed by atoms with Gasteiger partial charge in [0.05, 0.1) is 11.3 Å². The lowest BCUT2D eigenvalue weighted by Gasteiger charge is -2.21. The van der Waals surface area contributed by atoms with E-state index >= 15 is 0 Å². The minimum Gasteiger partial charge on any atom is -0.352 e. The number of benzene rings is 1. The monoisotopic (exact) mass is 492 g/mol. The molecule has 9 heteroatoms. The Morgan fingerprint density at radius 1 is 1.24 bits per heavy atom. The van der Waals surface area contributed by atoms with Crippen molar-refractivity contribution < 1.29 is 18.0 Å². The Kier molecular flexibility index (Phi) is 6.46. The van der Waals surface area contributed by atoms with Gasteiger partial charge in [0.15, 0.2) is 5.43 Å². The fraction of sp³-hybridized carbons (Fsp3) is 0.333. The number of nitrogens with zero attached hydrogens (tertiary/aromatic N) is 1. The van der Waals surface area contributed by atoms with Crippen LogP contribution in [0.25, 0.3) is 5.69 Å². The van der Waals surface area contributed by atoms with Crippen molar-refractivity contribution in [2.45, 2.75) is 43.5 Å². The van der Waals surface area contributed by atoms with Gasteiger partial charge in [-0.15, -0.1) is 23.1 Å². The van der Waals surface area contributed by atoms with Crippen LogP contribution in [0, 0.1) is 12.8 Å². The van der Waals surface area contributed by atoms with E-state index in [9.17, 15) is 22.8 Å².